The highest BCUT2D eigenvalue weighted by Crippen LogP contribution is 2.34. The molecule has 3 rings (SSSR count). The van der Waals surface area contributed by atoms with Gasteiger partial charge in [-0.2, -0.15) is 0 Å². The van der Waals surface area contributed by atoms with Crippen molar-refractivity contribution in [1.29, 1.82) is 0 Å². The third kappa shape index (κ3) is 4.39. The molecule has 0 spiro atoms. The molecular formula is C18H18N4O2S2. The molecule has 0 aliphatic rings. The Morgan fingerprint density at radius 2 is 1.92 bits per heavy atom. The number of aryl methyl sites for hydroxylation is 2. The number of hydrogen-bond donors (Lipinski definition) is 2. The maximum Gasteiger partial charge on any atom is 0.321 e. The normalized spacial score (nSPS) is 10.7. The predicted molar refractivity (Wildman–Crippen MR) is 104 cm³/mol. The second-order valence-corrected chi connectivity index (χ2v) is 7.81. The molecule has 0 radical (unpaired) electrons. The van der Waals surface area contributed by atoms with Crippen LogP contribution >= 0.6 is 23.1 Å². The van der Waals surface area contributed by atoms with E-state index in [0.29, 0.717) is 6.54 Å². The Balaban J connectivity index is 1.53. The first kappa shape index (κ1) is 18.3. The van der Waals surface area contributed by atoms with Gasteiger partial charge in [-0.1, -0.05) is 42.1 Å². The van der Waals surface area contributed by atoms with E-state index in [2.05, 4.69) is 20.6 Å². The van der Waals surface area contributed by atoms with E-state index in [9.17, 15) is 9.59 Å². The van der Waals surface area contributed by atoms with Gasteiger partial charge in [0.2, 0.25) is 5.91 Å². The average molecular weight is 387 g/mol. The molecule has 134 valence electrons. The van der Waals surface area contributed by atoms with E-state index >= 15 is 0 Å². The van der Waals surface area contributed by atoms with Crippen molar-refractivity contribution in [3.05, 3.63) is 52.7 Å². The van der Waals surface area contributed by atoms with E-state index in [-0.39, 0.29) is 11.7 Å². The number of carbonyl (C=O) groups is 2. The first-order valence-electron chi connectivity index (χ1n) is 7.99. The third-order valence-electron chi connectivity index (χ3n) is 3.82. The molecule has 0 atom stereocenters. The molecule has 2 heterocycles. The first-order chi connectivity index (χ1) is 12.5. The fraction of sp³-hybridized carbons (Fsp3) is 0.222. The van der Waals surface area contributed by atoms with Gasteiger partial charge in [0.05, 0.1) is 5.75 Å². The van der Waals surface area contributed by atoms with Crippen LogP contribution in [0.3, 0.4) is 0 Å². The molecule has 8 heteroatoms. The summed E-state index contributed by atoms with van der Waals surface area (Å²) in [5, 5.41) is 6.75. The summed E-state index contributed by atoms with van der Waals surface area (Å²) in [5.41, 5.74) is 2.10. The number of thiophene rings is 1. The van der Waals surface area contributed by atoms with Crippen molar-refractivity contribution in [3.8, 4) is 0 Å². The molecule has 2 N–H and O–H groups in total. The molecular weight excluding hydrogens is 368 g/mol. The predicted octanol–water partition coefficient (Wildman–Crippen LogP) is 3.43. The van der Waals surface area contributed by atoms with Crippen molar-refractivity contribution < 1.29 is 9.59 Å². The minimum atomic E-state index is -0.505. The summed E-state index contributed by atoms with van der Waals surface area (Å²) >= 11 is 2.92. The summed E-state index contributed by atoms with van der Waals surface area (Å²) in [6, 6.07) is 9.01. The molecule has 0 saturated carbocycles. The Labute approximate surface area is 159 Å². The summed E-state index contributed by atoms with van der Waals surface area (Å²) in [6.07, 6.45) is 1.50. The number of thioether (sulfide) groups is 1. The van der Waals surface area contributed by atoms with E-state index in [1.807, 2.05) is 44.2 Å². The van der Waals surface area contributed by atoms with Gasteiger partial charge < -0.3 is 5.32 Å². The van der Waals surface area contributed by atoms with Crippen molar-refractivity contribution in [3.63, 3.8) is 0 Å². The number of amides is 3. The number of urea groups is 1. The van der Waals surface area contributed by atoms with Crippen molar-refractivity contribution in [2.75, 3.05) is 5.75 Å². The number of imide groups is 1. The van der Waals surface area contributed by atoms with E-state index in [1.54, 1.807) is 11.3 Å². The topological polar surface area (TPSA) is 84.0 Å². The highest BCUT2D eigenvalue weighted by atomic mass is 32.2. The van der Waals surface area contributed by atoms with Crippen molar-refractivity contribution in [1.82, 2.24) is 20.6 Å². The molecule has 0 unspecified atom stereocenters. The van der Waals surface area contributed by atoms with Crippen LogP contribution in [-0.2, 0) is 11.3 Å². The molecule has 0 aliphatic carbocycles. The second-order valence-electron chi connectivity index (χ2n) is 5.65. The molecule has 3 aromatic rings. The van der Waals surface area contributed by atoms with Gasteiger partial charge in [0, 0.05) is 16.8 Å². The van der Waals surface area contributed by atoms with Gasteiger partial charge in [0.15, 0.2) is 0 Å². The first-order valence-corrected chi connectivity index (χ1v) is 9.80. The Morgan fingerprint density at radius 3 is 2.69 bits per heavy atom. The van der Waals surface area contributed by atoms with E-state index in [4.69, 9.17) is 0 Å². The average Bonchev–Trinajstić information content (AvgIpc) is 2.94. The monoisotopic (exact) mass is 386 g/mol. The summed E-state index contributed by atoms with van der Waals surface area (Å²) < 4.78 is 0. The van der Waals surface area contributed by atoms with Crippen LogP contribution in [0.5, 0.6) is 0 Å². The van der Waals surface area contributed by atoms with Gasteiger partial charge in [-0.15, -0.1) is 11.3 Å². The zero-order chi connectivity index (χ0) is 18.5. The van der Waals surface area contributed by atoms with Crippen LogP contribution in [0.15, 0.2) is 41.7 Å². The number of rotatable bonds is 5. The lowest BCUT2D eigenvalue weighted by atomic mass is 10.2. The number of nitrogens with one attached hydrogen (secondary N) is 2. The van der Waals surface area contributed by atoms with E-state index < -0.39 is 6.03 Å². The van der Waals surface area contributed by atoms with Crippen LogP contribution in [0.25, 0.3) is 10.2 Å². The second kappa shape index (κ2) is 8.29. The Kier molecular flexibility index (Phi) is 5.85. The number of aromatic nitrogens is 2. The SMILES string of the molecule is Cc1sc2ncnc(SCC(=O)NC(=O)NCc3ccccc3)c2c1C. The van der Waals surface area contributed by atoms with Gasteiger partial charge in [-0.3, -0.25) is 10.1 Å². The number of carbonyl (C=O) groups excluding carboxylic acids is 2. The number of benzene rings is 1. The minimum Gasteiger partial charge on any atom is -0.334 e. The van der Waals surface area contributed by atoms with Gasteiger partial charge in [-0.25, -0.2) is 14.8 Å². The maximum absolute atomic E-state index is 12.0. The van der Waals surface area contributed by atoms with Crippen LogP contribution in [0.4, 0.5) is 4.79 Å². The van der Waals surface area contributed by atoms with Gasteiger partial charge in [-0.05, 0) is 25.0 Å². The van der Waals surface area contributed by atoms with Gasteiger partial charge in [0.25, 0.3) is 0 Å². The summed E-state index contributed by atoms with van der Waals surface area (Å²) in [4.78, 5) is 34.5. The van der Waals surface area contributed by atoms with Crippen LogP contribution < -0.4 is 10.6 Å². The number of nitrogens with zero attached hydrogens (tertiary/aromatic N) is 2. The molecule has 1 aromatic carbocycles. The fourth-order valence-electron chi connectivity index (χ4n) is 2.38. The molecule has 3 amide bonds. The lowest BCUT2D eigenvalue weighted by molar-refractivity contribution is -0.117. The standard InChI is InChI=1S/C18H18N4O2S2/c1-11-12(2)26-17-15(11)16(20-10-21-17)25-9-14(23)22-18(24)19-8-13-6-4-3-5-7-13/h3-7,10H,8-9H2,1-2H3,(H2,19,22,23,24). The zero-order valence-electron chi connectivity index (χ0n) is 14.4. The van der Waals surface area contributed by atoms with Gasteiger partial charge in [0.1, 0.15) is 16.2 Å². The lowest BCUT2D eigenvalue weighted by Gasteiger charge is -2.07. The number of fused-ring (bicyclic) bond motifs is 1. The van der Waals surface area contributed by atoms with E-state index in [0.717, 1.165) is 26.4 Å². The molecule has 0 saturated heterocycles. The molecule has 0 aliphatic heterocycles. The Morgan fingerprint density at radius 1 is 1.15 bits per heavy atom. The summed E-state index contributed by atoms with van der Waals surface area (Å²) in [5.74, 6) is -0.254. The van der Waals surface area contributed by atoms with Crippen LogP contribution in [0.1, 0.15) is 16.0 Å². The van der Waals surface area contributed by atoms with Crippen molar-refractivity contribution in [2.45, 2.75) is 25.4 Å². The summed E-state index contributed by atoms with van der Waals surface area (Å²) in [7, 11) is 0. The molecule has 0 fully saturated rings. The quantitative estimate of drug-likeness (QED) is 0.518. The van der Waals surface area contributed by atoms with Crippen LogP contribution in [0, 0.1) is 13.8 Å². The van der Waals surface area contributed by atoms with Crippen molar-refractivity contribution >= 4 is 45.3 Å². The Hall–Kier alpha value is -2.45. The number of hydrogen-bond acceptors (Lipinski definition) is 6. The fourth-order valence-corrected chi connectivity index (χ4v) is 4.30. The minimum absolute atomic E-state index is 0.110. The highest BCUT2D eigenvalue weighted by Gasteiger charge is 2.14. The smallest absolute Gasteiger partial charge is 0.321 e. The molecule has 26 heavy (non-hydrogen) atoms. The van der Waals surface area contributed by atoms with Gasteiger partial charge >= 0.3 is 6.03 Å². The molecule has 6 nitrogen and oxygen atoms in total. The van der Waals surface area contributed by atoms with Crippen LogP contribution in [-0.4, -0.2) is 27.7 Å². The third-order valence-corrected chi connectivity index (χ3v) is 5.92. The molecule has 0 bridgehead atoms. The van der Waals surface area contributed by atoms with Crippen molar-refractivity contribution in [2.24, 2.45) is 0 Å². The lowest BCUT2D eigenvalue weighted by Crippen LogP contribution is -2.39. The van der Waals surface area contributed by atoms with Crippen LogP contribution in [0.2, 0.25) is 0 Å². The maximum atomic E-state index is 12.0. The largest absolute Gasteiger partial charge is 0.334 e. The molecule has 2 aromatic heterocycles. The Bertz CT molecular complexity index is 941. The summed E-state index contributed by atoms with van der Waals surface area (Å²) in [6.45, 7) is 4.44. The zero-order valence-corrected chi connectivity index (χ0v) is 16.0. The van der Waals surface area contributed by atoms with E-state index in [1.165, 1.54) is 23.0 Å². The highest BCUT2D eigenvalue weighted by molar-refractivity contribution is 8.00.